The lowest BCUT2D eigenvalue weighted by molar-refractivity contribution is -0.134. The summed E-state index contributed by atoms with van der Waals surface area (Å²) in [6, 6.07) is 39.0. The number of carbonyl (C=O) groups excluding carboxylic acids is 4. The second-order valence-electron chi connectivity index (χ2n) is 13.4. The lowest BCUT2D eigenvalue weighted by Gasteiger charge is -2.31. The molecule has 3 atom stereocenters. The largest absolute Gasteiger partial charge is 0.368 e. The molecular weight excluding hydrogens is 651 g/mol. The summed E-state index contributed by atoms with van der Waals surface area (Å²) in [6.07, 6.45) is 1.73. The average Bonchev–Trinajstić information content (AvgIpc) is 3.18. The first-order valence-corrected chi connectivity index (χ1v) is 17.9. The maximum Gasteiger partial charge on any atom is 0.244 e. The Morgan fingerprint density at radius 3 is 1.77 bits per heavy atom. The number of hydrogen-bond donors (Lipinski definition) is 5. The van der Waals surface area contributed by atoms with Gasteiger partial charge in [-0.15, -0.1) is 0 Å². The van der Waals surface area contributed by atoms with Gasteiger partial charge in [0.2, 0.25) is 23.6 Å². The molecule has 9 heteroatoms. The minimum Gasteiger partial charge on any atom is -0.368 e. The number of carbonyl (C=O) groups is 4. The normalized spacial score (nSPS) is 14.9. The molecule has 1 aliphatic rings. The van der Waals surface area contributed by atoms with E-state index in [0.717, 1.165) is 46.1 Å². The zero-order valence-electron chi connectivity index (χ0n) is 29.0. The fourth-order valence-electron chi connectivity index (χ4n) is 6.97. The van der Waals surface area contributed by atoms with Crippen molar-refractivity contribution in [3.63, 3.8) is 0 Å². The van der Waals surface area contributed by atoms with Crippen LogP contribution in [0.1, 0.15) is 41.0 Å². The molecule has 9 nitrogen and oxygen atoms in total. The Balaban J connectivity index is 1.35. The second-order valence-corrected chi connectivity index (χ2v) is 13.4. The fourth-order valence-corrected chi connectivity index (χ4v) is 6.97. The van der Waals surface area contributed by atoms with E-state index in [1.54, 1.807) is 0 Å². The molecule has 4 amide bonds. The van der Waals surface area contributed by atoms with Gasteiger partial charge in [0.1, 0.15) is 18.1 Å². The smallest absolute Gasteiger partial charge is 0.244 e. The molecule has 0 aromatic heterocycles. The number of piperidine rings is 1. The molecule has 0 radical (unpaired) electrons. The molecular formula is C43H45N5O4. The lowest BCUT2D eigenvalue weighted by Crippen LogP contribution is -2.59. The monoisotopic (exact) mass is 695 g/mol. The molecule has 266 valence electrons. The molecule has 1 saturated heterocycles. The van der Waals surface area contributed by atoms with Gasteiger partial charge in [0, 0.05) is 24.7 Å². The predicted molar refractivity (Wildman–Crippen MR) is 203 cm³/mol. The molecule has 6 rings (SSSR count). The number of nitrogens with two attached hydrogens (primary N) is 1. The molecule has 1 aliphatic heterocycles. The van der Waals surface area contributed by atoms with E-state index >= 15 is 0 Å². The van der Waals surface area contributed by atoms with Gasteiger partial charge in [0.25, 0.3) is 0 Å². The van der Waals surface area contributed by atoms with Crippen LogP contribution in [0.15, 0.2) is 133 Å². The highest BCUT2D eigenvalue weighted by Crippen LogP contribution is 2.29. The minimum atomic E-state index is -1.18. The molecule has 1 fully saturated rings. The van der Waals surface area contributed by atoms with Crippen LogP contribution in [0, 0.1) is 5.92 Å². The summed E-state index contributed by atoms with van der Waals surface area (Å²) in [7, 11) is 0. The number of amides is 4. The summed E-state index contributed by atoms with van der Waals surface area (Å²) in [6.45, 7) is 1.45. The van der Waals surface area contributed by atoms with Gasteiger partial charge in [-0.2, -0.15) is 0 Å². The first-order valence-electron chi connectivity index (χ1n) is 17.9. The van der Waals surface area contributed by atoms with E-state index < -0.39 is 41.8 Å². The third-order valence-corrected chi connectivity index (χ3v) is 9.77. The van der Waals surface area contributed by atoms with Crippen molar-refractivity contribution >= 4 is 34.4 Å². The van der Waals surface area contributed by atoms with Crippen LogP contribution in [0.2, 0.25) is 0 Å². The predicted octanol–water partition coefficient (Wildman–Crippen LogP) is 4.40. The molecule has 0 unspecified atom stereocenters. The van der Waals surface area contributed by atoms with Gasteiger partial charge in [0.15, 0.2) is 0 Å². The van der Waals surface area contributed by atoms with Gasteiger partial charge in [-0.25, -0.2) is 0 Å². The van der Waals surface area contributed by atoms with Gasteiger partial charge in [-0.3, -0.25) is 19.2 Å². The van der Waals surface area contributed by atoms with E-state index in [4.69, 9.17) is 5.73 Å². The van der Waals surface area contributed by atoms with Gasteiger partial charge in [-0.1, -0.05) is 133 Å². The van der Waals surface area contributed by atoms with Crippen molar-refractivity contribution in [2.45, 2.75) is 49.7 Å². The summed E-state index contributed by atoms with van der Waals surface area (Å²) >= 11 is 0. The van der Waals surface area contributed by atoms with Crippen molar-refractivity contribution in [1.82, 2.24) is 21.3 Å². The van der Waals surface area contributed by atoms with E-state index in [1.807, 2.05) is 133 Å². The molecule has 5 aromatic rings. The molecule has 0 aliphatic carbocycles. The number of primary amides is 1. The van der Waals surface area contributed by atoms with E-state index in [9.17, 15) is 19.2 Å². The highest BCUT2D eigenvalue weighted by Gasteiger charge is 2.37. The number of hydrogen-bond acceptors (Lipinski definition) is 5. The van der Waals surface area contributed by atoms with Crippen LogP contribution >= 0.6 is 0 Å². The van der Waals surface area contributed by atoms with Crippen molar-refractivity contribution in [3.05, 3.63) is 156 Å². The lowest BCUT2D eigenvalue weighted by atomic mass is 9.84. The summed E-state index contributed by atoms with van der Waals surface area (Å²) < 4.78 is 0. The minimum absolute atomic E-state index is 0.181. The number of benzene rings is 5. The zero-order chi connectivity index (χ0) is 36.3. The number of rotatable bonds is 14. The average molecular weight is 696 g/mol. The van der Waals surface area contributed by atoms with Crippen LogP contribution in [-0.4, -0.2) is 54.8 Å². The topological polar surface area (TPSA) is 142 Å². The maximum atomic E-state index is 14.6. The second kappa shape index (κ2) is 17.4. The van der Waals surface area contributed by atoms with Crippen molar-refractivity contribution in [3.8, 4) is 0 Å². The Bertz CT molecular complexity index is 1930. The van der Waals surface area contributed by atoms with Crippen LogP contribution < -0.4 is 27.0 Å². The molecule has 6 N–H and O–H groups in total. The Morgan fingerprint density at radius 1 is 0.596 bits per heavy atom. The number of fused-ring (bicyclic) bond motifs is 1. The molecule has 52 heavy (non-hydrogen) atoms. The van der Waals surface area contributed by atoms with Crippen LogP contribution in [0.5, 0.6) is 0 Å². The highest BCUT2D eigenvalue weighted by molar-refractivity contribution is 5.95. The third-order valence-electron chi connectivity index (χ3n) is 9.77. The van der Waals surface area contributed by atoms with Crippen molar-refractivity contribution in [2.75, 3.05) is 13.1 Å². The van der Waals surface area contributed by atoms with Crippen molar-refractivity contribution in [2.24, 2.45) is 11.7 Å². The summed E-state index contributed by atoms with van der Waals surface area (Å²) in [5.74, 6) is -2.84. The molecule has 1 heterocycles. The van der Waals surface area contributed by atoms with E-state index in [1.165, 1.54) is 0 Å². The van der Waals surface area contributed by atoms with Crippen LogP contribution in [0.4, 0.5) is 0 Å². The van der Waals surface area contributed by atoms with Crippen LogP contribution in [0.25, 0.3) is 10.8 Å². The first-order chi connectivity index (χ1) is 25.4. The van der Waals surface area contributed by atoms with E-state index in [-0.39, 0.29) is 24.7 Å². The number of nitrogens with one attached hydrogen (secondary N) is 4. The standard InChI is InChI=1S/C43H45N5O4/c44-40(49)36(27-29-12-4-1-5-13-29)46-43(52)39(38(32-15-6-2-7-16-32)33-17-8-3-9-18-33)48-42(51)37(47-41(50)34-22-24-45-25-23-34)28-30-20-21-31-14-10-11-19-35(31)26-30/h1-21,26,34,36-39,45H,22-25,27-28H2,(H2,44,49)(H,46,52)(H,47,50)(H,48,51)/t36-,37+,39+/m0/s1. The summed E-state index contributed by atoms with van der Waals surface area (Å²) in [5, 5.41) is 14.4. The van der Waals surface area contributed by atoms with Gasteiger partial charge in [-0.05, 0) is 59.0 Å². The fraction of sp³-hybridized carbons (Fsp3) is 0.256. The van der Waals surface area contributed by atoms with E-state index in [0.29, 0.717) is 12.8 Å². The highest BCUT2D eigenvalue weighted by atomic mass is 16.2. The van der Waals surface area contributed by atoms with Crippen molar-refractivity contribution < 1.29 is 19.2 Å². The summed E-state index contributed by atoms with van der Waals surface area (Å²) in [5.41, 5.74) is 9.11. The third kappa shape index (κ3) is 9.30. The molecule has 5 aromatic carbocycles. The Morgan fingerprint density at radius 2 is 1.15 bits per heavy atom. The zero-order valence-corrected chi connectivity index (χ0v) is 29.0. The SMILES string of the molecule is NC(=O)[C@H](Cc1ccccc1)NC(=O)[C@H](NC(=O)[C@@H](Cc1ccc2ccccc2c1)NC(=O)C1CCNCC1)C(c1ccccc1)c1ccccc1. The van der Waals surface area contributed by atoms with Gasteiger partial charge < -0.3 is 27.0 Å². The van der Waals surface area contributed by atoms with Crippen LogP contribution in [-0.2, 0) is 32.0 Å². The van der Waals surface area contributed by atoms with E-state index in [2.05, 4.69) is 21.3 Å². The first kappa shape index (κ1) is 36.0. The Kier molecular flexibility index (Phi) is 12.1. The van der Waals surface area contributed by atoms with Gasteiger partial charge >= 0.3 is 0 Å². The maximum absolute atomic E-state index is 14.6. The summed E-state index contributed by atoms with van der Waals surface area (Å²) in [4.78, 5) is 55.5. The Labute approximate surface area is 304 Å². The molecule has 0 saturated carbocycles. The molecule has 0 spiro atoms. The Hall–Kier alpha value is -5.80. The molecule has 0 bridgehead atoms. The van der Waals surface area contributed by atoms with Crippen LogP contribution in [0.3, 0.4) is 0 Å². The quantitative estimate of drug-likeness (QED) is 0.117. The van der Waals surface area contributed by atoms with Gasteiger partial charge in [0.05, 0.1) is 0 Å². The van der Waals surface area contributed by atoms with Crippen molar-refractivity contribution in [1.29, 1.82) is 0 Å².